The molecule has 0 fully saturated rings. The predicted molar refractivity (Wildman–Crippen MR) is 109 cm³/mol. The van der Waals surface area contributed by atoms with Crippen LogP contribution in [0.3, 0.4) is 0 Å². The summed E-state index contributed by atoms with van der Waals surface area (Å²) in [6.45, 7) is 0.638. The van der Waals surface area contributed by atoms with Gasteiger partial charge in [-0.1, -0.05) is 18.2 Å². The molecule has 0 saturated carbocycles. The molecular formula is C20H26N2O6S. The van der Waals surface area contributed by atoms with Crippen molar-refractivity contribution < 1.29 is 27.4 Å². The van der Waals surface area contributed by atoms with Crippen molar-refractivity contribution in [2.24, 2.45) is 0 Å². The number of hydrogen-bond acceptors (Lipinski definition) is 6. The van der Waals surface area contributed by atoms with Gasteiger partial charge in [-0.05, 0) is 24.3 Å². The maximum absolute atomic E-state index is 12.9. The predicted octanol–water partition coefficient (Wildman–Crippen LogP) is 1.90. The van der Waals surface area contributed by atoms with Crippen molar-refractivity contribution in [3.05, 3.63) is 53.6 Å². The van der Waals surface area contributed by atoms with Gasteiger partial charge in [0, 0.05) is 38.4 Å². The smallest absolute Gasteiger partial charge is 0.253 e. The molecule has 158 valence electrons. The van der Waals surface area contributed by atoms with E-state index < -0.39 is 10.0 Å². The highest BCUT2D eigenvalue weighted by atomic mass is 32.2. The van der Waals surface area contributed by atoms with Crippen molar-refractivity contribution in [1.82, 2.24) is 9.62 Å². The van der Waals surface area contributed by atoms with Crippen LogP contribution < -0.4 is 14.2 Å². The molecule has 0 atom stereocenters. The molecule has 8 nitrogen and oxygen atoms in total. The zero-order valence-electron chi connectivity index (χ0n) is 17.0. The number of sulfonamides is 1. The van der Waals surface area contributed by atoms with E-state index in [1.807, 2.05) is 24.3 Å². The quantitative estimate of drug-likeness (QED) is 0.588. The second-order valence-electron chi connectivity index (χ2n) is 6.23. The molecule has 29 heavy (non-hydrogen) atoms. The number of nitrogens with zero attached hydrogens (tertiary/aromatic N) is 1. The Kier molecular flexibility index (Phi) is 8.00. The normalized spacial score (nSPS) is 11.2. The number of benzene rings is 2. The van der Waals surface area contributed by atoms with Crippen molar-refractivity contribution in [1.29, 1.82) is 0 Å². The Bertz CT molecular complexity index is 946. The Balaban J connectivity index is 2.28. The summed E-state index contributed by atoms with van der Waals surface area (Å²) in [5, 5.41) is 0. The van der Waals surface area contributed by atoms with Crippen LogP contribution in [-0.2, 0) is 21.3 Å². The fourth-order valence-corrected chi connectivity index (χ4v) is 3.96. The summed E-state index contributed by atoms with van der Waals surface area (Å²) in [6.07, 6.45) is 0. The number of carbonyl (C=O) groups is 1. The van der Waals surface area contributed by atoms with E-state index in [0.29, 0.717) is 12.3 Å². The Hall–Kier alpha value is -2.62. The number of ether oxygens (including phenoxy) is 3. The molecule has 1 amide bonds. The lowest BCUT2D eigenvalue weighted by molar-refractivity contribution is 0.0784. The Morgan fingerprint density at radius 2 is 1.72 bits per heavy atom. The first-order valence-corrected chi connectivity index (χ1v) is 10.4. The van der Waals surface area contributed by atoms with Crippen LogP contribution in [0.1, 0.15) is 15.9 Å². The second kappa shape index (κ2) is 10.2. The standard InChI is InChI=1S/C20H26N2O6S/c1-22(14-16-7-5-6-8-17(16)27-3)20(23)15-9-10-18(28-4)19(13-15)29(24,25)21-11-12-26-2/h5-10,13,21H,11-12,14H2,1-4H3. The average molecular weight is 423 g/mol. The topological polar surface area (TPSA) is 94.2 Å². The molecule has 0 aliphatic heterocycles. The molecule has 0 radical (unpaired) electrons. The van der Waals surface area contributed by atoms with Gasteiger partial charge in [0.05, 0.1) is 20.8 Å². The minimum absolute atomic E-state index is 0.104. The van der Waals surface area contributed by atoms with E-state index in [0.717, 1.165) is 5.56 Å². The maximum atomic E-state index is 12.9. The van der Waals surface area contributed by atoms with Crippen LogP contribution in [0.4, 0.5) is 0 Å². The average Bonchev–Trinajstić information content (AvgIpc) is 2.73. The lowest BCUT2D eigenvalue weighted by atomic mass is 10.1. The number of methoxy groups -OCH3 is 3. The fraction of sp³-hybridized carbons (Fsp3) is 0.350. The molecule has 0 spiro atoms. The van der Waals surface area contributed by atoms with Gasteiger partial charge in [0.15, 0.2) is 0 Å². The Morgan fingerprint density at radius 3 is 2.38 bits per heavy atom. The van der Waals surface area contributed by atoms with Gasteiger partial charge in [0.25, 0.3) is 5.91 Å². The molecule has 2 aromatic rings. The third-order valence-electron chi connectivity index (χ3n) is 4.25. The highest BCUT2D eigenvalue weighted by Gasteiger charge is 2.23. The monoisotopic (exact) mass is 422 g/mol. The van der Waals surface area contributed by atoms with Crippen molar-refractivity contribution in [3.63, 3.8) is 0 Å². The summed E-state index contributed by atoms with van der Waals surface area (Å²) in [7, 11) is 2.19. The minimum Gasteiger partial charge on any atom is -0.496 e. The van der Waals surface area contributed by atoms with E-state index >= 15 is 0 Å². The third-order valence-corrected chi connectivity index (χ3v) is 5.73. The molecule has 0 aliphatic carbocycles. The summed E-state index contributed by atoms with van der Waals surface area (Å²) >= 11 is 0. The van der Waals surface area contributed by atoms with Gasteiger partial charge < -0.3 is 19.1 Å². The molecule has 0 heterocycles. The van der Waals surface area contributed by atoms with E-state index in [1.165, 1.54) is 37.3 Å². The molecule has 0 bridgehead atoms. The SMILES string of the molecule is COCCNS(=O)(=O)c1cc(C(=O)N(C)Cc2ccccc2OC)ccc1OC. The molecule has 1 N–H and O–H groups in total. The van der Waals surface area contributed by atoms with Crippen LogP contribution >= 0.6 is 0 Å². The lowest BCUT2D eigenvalue weighted by Gasteiger charge is -2.20. The molecule has 9 heteroatoms. The van der Waals surface area contributed by atoms with Crippen LogP contribution in [0, 0.1) is 0 Å². The molecule has 2 aromatic carbocycles. The van der Waals surface area contributed by atoms with Gasteiger partial charge in [-0.25, -0.2) is 13.1 Å². The van der Waals surface area contributed by atoms with E-state index in [4.69, 9.17) is 14.2 Å². The van der Waals surface area contributed by atoms with Crippen LogP contribution in [0.5, 0.6) is 11.5 Å². The fourth-order valence-electron chi connectivity index (χ4n) is 2.76. The summed E-state index contributed by atoms with van der Waals surface area (Å²) < 4.78 is 43.0. The number of rotatable bonds is 10. The molecule has 0 saturated heterocycles. The zero-order chi connectivity index (χ0) is 21.4. The highest BCUT2D eigenvalue weighted by Crippen LogP contribution is 2.26. The van der Waals surface area contributed by atoms with Gasteiger partial charge >= 0.3 is 0 Å². The van der Waals surface area contributed by atoms with Crippen molar-refractivity contribution in [3.8, 4) is 11.5 Å². The van der Waals surface area contributed by atoms with Crippen LogP contribution in [0.2, 0.25) is 0 Å². The Labute approximate surface area is 171 Å². The largest absolute Gasteiger partial charge is 0.496 e. The summed E-state index contributed by atoms with van der Waals surface area (Å²) in [4.78, 5) is 14.3. The first-order chi connectivity index (χ1) is 13.8. The van der Waals surface area contributed by atoms with E-state index in [1.54, 1.807) is 14.2 Å². The number of carbonyl (C=O) groups excluding carboxylic acids is 1. The number of amides is 1. The van der Waals surface area contributed by atoms with Crippen LogP contribution in [-0.4, -0.2) is 60.8 Å². The van der Waals surface area contributed by atoms with Gasteiger partial charge in [-0.3, -0.25) is 4.79 Å². The number of nitrogens with one attached hydrogen (secondary N) is 1. The minimum atomic E-state index is -3.87. The van der Waals surface area contributed by atoms with Gasteiger partial charge in [0.2, 0.25) is 10.0 Å². The first-order valence-electron chi connectivity index (χ1n) is 8.88. The van der Waals surface area contributed by atoms with Crippen molar-refractivity contribution in [2.45, 2.75) is 11.4 Å². The van der Waals surface area contributed by atoms with Gasteiger partial charge in [-0.2, -0.15) is 0 Å². The van der Waals surface area contributed by atoms with Crippen LogP contribution in [0.25, 0.3) is 0 Å². The van der Waals surface area contributed by atoms with E-state index in [-0.39, 0.29) is 35.3 Å². The number of para-hydroxylation sites is 1. The molecule has 0 aromatic heterocycles. The summed E-state index contributed by atoms with van der Waals surface area (Å²) in [5.74, 6) is 0.498. The maximum Gasteiger partial charge on any atom is 0.253 e. The third kappa shape index (κ3) is 5.69. The summed E-state index contributed by atoms with van der Waals surface area (Å²) in [6, 6.07) is 11.7. The molecule has 0 unspecified atom stereocenters. The summed E-state index contributed by atoms with van der Waals surface area (Å²) in [5.41, 5.74) is 1.07. The Morgan fingerprint density at radius 1 is 1.03 bits per heavy atom. The van der Waals surface area contributed by atoms with E-state index in [2.05, 4.69) is 4.72 Å². The molecule has 2 rings (SSSR count). The number of hydrogen-bond donors (Lipinski definition) is 1. The van der Waals surface area contributed by atoms with Gasteiger partial charge in [-0.15, -0.1) is 0 Å². The highest BCUT2D eigenvalue weighted by molar-refractivity contribution is 7.89. The van der Waals surface area contributed by atoms with Crippen molar-refractivity contribution >= 4 is 15.9 Å². The van der Waals surface area contributed by atoms with Crippen LogP contribution in [0.15, 0.2) is 47.4 Å². The van der Waals surface area contributed by atoms with E-state index in [9.17, 15) is 13.2 Å². The van der Waals surface area contributed by atoms with Gasteiger partial charge in [0.1, 0.15) is 16.4 Å². The molecule has 0 aliphatic rings. The zero-order valence-corrected chi connectivity index (χ0v) is 17.8. The molecular weight excluding hydrogens is 396 g/mol. The second-order valence-corrected chi connectivity index (χ2v) is 7.96. The lowest BCUT2D eigenvalue weighted by Crippen LogP contribution is -2.29. The van der Waals surface area contributed by atoms with Crippen molar-refractivity contribution in [2.75, 3.05) is 41.5 Å². The first kappa shape index (κ1) is 22.7.